The van der Waals surface area contributed by atoms with Crippen molar-refractivity contribution in [1.82, 2.24) is 9.21 Å². The van der Waals surface area contributed by atoms with E-state index < -0.39 is 10.0 Å². The molecule has 0 N–H and O–H groups in total. The fourth-order valence-electron chi connectivity index (χ4n) is 3.21. The van der Waals surface area contributed by atoms with Gasteiger partial charge in [-0.2, -0.15) is 4.31 Å². The Hall–Kier alpha value is -0.910. The zero-order chi connectivity index (χ0) is 14.9. The average molecular weight is 308 g/mol. The van der Waals surface area contributed by atoms with Gasteiger partial charge in [0.2, 0.25) is 10.0 Å². The molecule has 5 heteroatoms. The van der Waals surface area contributed by atoms with Crippen LogP contribution in [0, 0.1) is 0 Å². The molecule has 1 atom stereocenters. The number of piperazine rings is 1. The Labute approximate surface area is 127 Å². The van der Waals surface area contributed by atoms with E-state index >= 15 is 0 Å². The van der Waals surface area contributed by atoms with Crippen LogP contribution in [-0.2, 0) is 10.0 Å². The van der Waals surface area contributed by atoms with E-state index in [1.54, 1.807) is 4.31 Å². The third-order valence-corrected chi connectivity index (χ3v) is 6.51. The Balaban J connectivity index is 1.87. The molecule has 0 spiro atoms. The molecule has 2 aliphatic rings. The zero-order valence-electron chi connectivity index (χ0n) is 12.6. The van der Waals surface area contributed by atoms with Crippen molar-refractivity contribution in [2.75, 3.05) is 25.4 Å². The molecule has 0 radical (unpaired) electrons. The third-order valence-electron chi connectivity index (χ3n) is 4.43. The summed E-state index contributed by atoms with van der Waals surface area (Å²) in [6.45, 7) is 4.25. The second-order valence-electron chi connectivity index (χ2n) is 6.08. The van der Waals surface area contributed by atoms with Crippen molar-refractivity contribution in [3.05, 3.63) is 35.9 Å². The van der Waals surface area contributed by atoms with Gasteiger partial charge in [0, 0.05) is 25.7 Å². The lowest BCUT2D eigenvalue weighted by Gasteiger charge is -2.41. The summed E-state index contributed by atoms with van der Waals surface area (Å²) in [6, 6.07) is 10.7. The van der Waals surface area contributed by atoms with Crippen molar-refractivity contribution < 1.29 is 8.42 Å². The van der Waals surface area contributed by atoms with Gasteiger partial charge in [-0.25, -0.2) is 8.42 Å². The summed E-state index contributed by atoms with van der Waals surface area (Å²) in [7, 11) is -3.15. The van der Waals surface area contributed by atoms with Crippen LogP contribution in [0.2, 0.25) is 0 Å². The molecule has 1 unspecified atom stereocenters. The zero-order valence-corrected chi connectivity index (χ0v) is 13.4. The molecule has 1 aromatic rings. The van der Waals surface area contributed by atoms with Crippen LogP contribution in [0.5, 0.6) is 0 Å². The van der Waals surface area contributed by atoms with Gasteiger partial charge >= 0.3 is 0 Å². The largest absolute Gasteiger partial charge is 0.297 e. The highest BCUT2D eigenvalue weighted by atomic mass is 32.2. The number of nitrogens with zero attached hydrogens (tertiary/aromatic N) is 2. The van der Waals surface area contributed by atoms with Crippen LogP contribution in [0.25, 0.3) is 0 Å². The van der Waals surface area contributed by atoms with Crippen LogP contribution < -0.4 is 0 Å². The first-order valence-corrected chi connectivity index (χ1v) is 9.51. The van der Waals surface area contributed by atoms with Gasteiger partial charge in [0.05, 0.1) is 11.8 Å². The Kier molecular flexibility index (Phi) is 4.33. The van der Waals surface area contributed by atoms with Gasteiger partial charge in [0.25, 0.3) is 0 Å². The summed E-state index contributed by atoms with van der Waals surface area (Å²) in [5, 5.41) is 0. The van der Waals surface area contributed by atoms with Crippen molar-refractivity contribution in [2.45, 2.75) is 38.3 Å². The molecular weight excluding hydrogens is 284 g/mol. The molecule has 1 aliphatic carbocycles. The maximum absolute atomic E-state index is 12.6. The number of hydrogen-bond donors (Lipinski definition) is 0. The van der Waals surface area contributed by atoms with Crippen molar-refractivity contribution in [3.63, 3.8) is 0 Å². The second-order valence-corrected chi connectivity index (χ2v) is 8.12. The number of rotatable bonds is 5. The standard InChI is InChI=1S/C16H24N2O2S/c1-2-12-21(19,20)18-11-10-17(15-8-9-15)13-16(18)14-6-4-3-5-7-14/h3-7,15-16H,2,8-13H2,1H3. The van der Waals surface area contributed by atoms with Crippen molar-refractivity contribution in [3.8, 4) is 0 Å². The van der Waals surface area contributed by atoms with E-state index in [-0.39, 0.29) is 11.8 Å². The lowest BCUT2D eigenvalue weighted by Crippen LogP contribution is -2.51. The van der Waals surface area contributed by atoms with Crippen molar-refractivity contribution in [2.24, 2.45) is 0 Å². The molecule has 1 aromatic carbocycles. The molecule has 0 amide bonds. The van der Waals surface area contributed by atoms with E-state index in [4.69, 9.17) is 0 Å². The molecule has 21 heavy (non-hydrogen) atoms. The Morgan fingerprint density at radius 2 is 1.86 bits per heavy atom. The van der Waals surface area contributed by atoms with Crippen molar-refractivity contribution >= 4 is 10.0 Å². The highest BCUT2D eigenvalue weighted by molar-refractivity contribution is 7.89. The SMILES string of the molecule is CCCS(=O)(=O)N1CCN(C2CC2)CC1c1ccccc1. The predicted molar refractivity (Wildman–Crippen MR) is 84.6 cm³/mol. The van der Waals surface area contributed by atoms with Gasteiger partial charge < -0.3 is 0 Å². The third kappa shape index (κ3) is 3.30. The Bertz CT molecular complexity index is 569. The molecule has 1 saturated carbocycles. The maximum atomic E-state index is 12.6. The molecule has 4 nitrogen and oxygen atoms in total. The van der Waals surface area contributed by atoms with Gasteiger partial charge in [-0.1, -0.05) is 37.3 Å². The van der Waals surface area contributed by atoms with Gasteiger partial charge in [0.1, 0.15) is 0 Å². The first kappa shape index (κ1) is 15.0. The summed E-state index contributed by atoms with van der Waals surface area (Å²) in [5.41, 5.74) is 1.11. The Morgan fingerprint density at radius 1 is 1.14 bits per heavy atom. The number of hydrogen-bond acceptors (Lipinski definition) is 3. The highest BCUT2D eigenvalue weighted by Gasteiger charge is 2.39. The second kappa shape index (κ2) is 6.07. The molecule has 1 saturated heterocycles. The number of benzene rings is 1. The van der Waals surface area contributed by atoms with Crippen molar-refractivity contribution in [1.29, 1.82) is 0 Å². The average Bonchev–Trinajstić information content (AvgIpc) is 3.32. The van der Waals surface area contributed by atoms with Gasteiger partial charge in [-0.3, -0.25) is 4.90 Å². The monoisotopic (exact) mass is 308 g/mol. The van der Waals surface area contributed by atoms with Crippen LogP contribution in [0.1, 0.15) is 37.8 Å². The van der Waals surface area contributed by atoms with Crippen LogP contribution in [0.4, 0.5) is 0 Å². The van der Waals surface area contributed by atoms with E-state index in [0.717, 1.165) is 18.7 Å². The Morgan fingerprint density at radius 3 is 2.48 bits per heavy atom. The van der Waals surface area contributed by atoms with Gasteiger partial charge in [0.15, 0.2) is 0 Å². The summed E-state index contributed by atoms with van der Waals surface area (Å²) < 4.78 is 26.9. The molecule has 0 bridgehead atoms. The van der Waals surface area contributed by atoms with E-state index in [1.807, 2.05) is 25.1 Å². The molecule has 1 heterocycles. The van der Waals surface area contributed by atoms with E-state index in [2.05, 4.69) is 17.0 Å². The molecule has 2 fully saturated rings. The lowest BCUT2D eigenvalue weighted by molar-refractivity contribution is 0.129. The highest BCUT2D eigenvalue weighted by Crippen LogP contribution is 2.34. The fourth-order valence-corrected chi connectivity index (χ4v) is 4.90. The first-order valence-electron chi connectivity index (χ1n) is 7.90. The number of sulfonamides is 1. The first-order chi connectivity index (χ1) is 10.1. The lowest BCUT2D eigenvalue weighted by atomic mass is 10.0. The normalized spacial score (nSPS) is 25.1. The van der Waals surface area contributed by atoms with E-state index in [0.29, 0.717) is 19.0 Å². The quantitative estimate of drug-likeness (QED) is 0.837. The topological polar surface area (TPSA) is 40.6 Å². The minimum Gasteiger partial charge on any atom is -0.297 e. The molecule has 1 aliphatic heterocycles. The van der Waals surface area contributed by atoms with Crippen LogP contribution in [0.3, 0.4) is 0 Å². The summed E-state index contributed by atoms with van der Waals surface area (Å²) in [6.07, 6.45) is 3.21. The van der Waals surface area contributed by atoms with Gasteiger partial charge in [-0.15, -0.1) is 0 Å². The smallest absolute Gasteiger partial charge is 0.214 e. The van der Waals surface area contributed by atoms with Gasteiger partial charge in [-0.05, 0) is 24.8 Å². The minimum atomic E-state index is -3.15. The molecule has 3 rings (SSSR count). The van der Waals surface area contributed by atoms with Crippen LogP contribution >= 0.6 is 0 Å². The van der Waals surface area contributed by atoms with E-state index in [1.165, 1.54) is 12.8 Å². The molecular formula is C16H24N2O2S. The van der Waals surface area contributed by atoms with Crippen LogP contribution in [0.15, 0.2) is 30.3 Å². The summed E-state index contributed by atoms with van der Waals surface area (Å²) in [4.78, 5) is 2.47. The van der Waals surface area contributed by atoms with Crippen LogP contribution in [-0.4, -0.2) is 49.1 Å². The summed E-state index contributed by atoms with van der Waals surface area (Å²) >= 11 is 0. The summed E-state index contributed by atoms with van der Waals surface area (Å²) in [5.74, 6) is 0.250. The minimum absolute atomic E-state index is 0.0305. The maximum Gasteiger partial charge on any atom is 0.214 e. The molecule has 116 valence electrons. The molecule has 0 aromatic heterocycles. The fraction of sp³-hybridized carbons (Fsp3) is 0.625. The predicted octanol–water partition coefficient (Wildman–Crippen LogP) is 2.25. The van der Waals surface area contributed by atoms with E-state index in [9.17, 15) is 8.42 Å².